The zero-order valence-corrected chi connectivity index (χ0v) is 21.5. The number of ketones is 1. The molecule has 6 nitrogen and oxygen atoms in total. The van der Waals surface area contributed by atoms with Crippen LogP contribution in [-0.4, -0.2) is 25.3 Å². The van der Waals surface area contributed by atoms with Crippen LogP contribution in [0, 0.1) is 0 Å². The Kier molecular flexibility index (Phi) is 6.08. The van der Waals surface area contributed by atoms with Crippen LogP contribution in [0.2, 0.25) is 0 Å². The standard InChI is InChI=1S/C32H29N5O/c1-20(33)30(21(2)38)24-13-14-26-27(25-17-35-32(36-18-25)23-11-12-23)19-37(29(26)16-24)31(22-8-4-3-5-9-22)28-10-6-7-15-34-28/h3-10,13-19,23,31H,11-12,33H2,1-2H3/b30-20+. The number of fused-ring (bicyclic) bond motifs is 1. The van der Waals surface area contributed by atoms with Gasteiger partial charge in [-0.1, -0.05) is 48.5 Å². The molecule has 6 rings (SSSR count). The molecule has 0 radical (unpaired) electrons. The molecule has 38 heavy (non-hydrogen) atoms. The van der Waals surface area contributed by atoms with Gasteiger partial charge in [0.05, 0.1) is 11.2 Å². The smallest absolute Gasteiger partial charge is 0.162 e. The van der Waals surface area contributed by atoms with Crippen LogP contribution in [0.3, 0.4) is 0 Å². The van der Waals surface area contributed by atoms with Crippen molar-refractivity contribution >= 4 is 22.3 Å². The Bertz CT molecular complexity index is 1610. The van der Waals surface area contributed by atoms with Gasteiger partial charge in [-0.2, -0.15) is 0 Å². The Labute approximate surface area is 221 Å². The average Bonchev–Trinajstić information content (AvgIpc) is 3.72. The van der Waals surface area contributed by atoms with Gasteiger partial charge in [0.25, 0.3) is 0 Å². The highest BCUT2D eigenvalue weighted by Gasteiger charge is 2.27. The fraction of sp³-hybridized carbons (Fsp3) is 0.188. The molecule has 1 saturated carbocycles. The molecule has 0 amide bonds. The van der Waals surface area contributed by atoms with Gasteiger partial charge in [0.2, 0.25) is 0 Å². The van der Waals surface area contributed by atoms with E-state index in [4.69, 9.17) is 10.7 Å². The zero-order chi connectivity index (χ0) is 26.2. The maximum absolute atomic E-state index is 12.5. The van der Waals surface area contributed by atoms with Gasteiger partial charge in [-0.15, -0.1) is 0 Å². The van der Waals surface area contributed by atoms with Crippen molar-refractivity contribution in [1.29, 1.82) is 0 Å². The SMILES string of the molecule is CC(=O)/C(=C(/C)N)c1ccc2c(-c3cnc(C4CC4)nc3)cn(C(c3ccccc3)c3ccccn3)c2c1. The first kappa shape index (κ1) is 23.8. The van der Waals surface area contributed by atoms with E-state index in [0.29, 0.717) is 17.2 Å². The summed E-state index contributed by atoms with van der Waals surface area (Å²) in [6.07, 6.45) is 10.2. The first-order chi connectivity index (χ1) is 18.5. The summed E-state index contributed by atoms with van der Waals surface area (Å²) in [5.74, 6) is 1.36. The van der Waals surface area contributed by atoms with E-state index >= 15 is 0 Å². The van der Waals surface area contributed by atoms with E-state index in [1.54, 1.807) is 13.8 Å². The van der Waals surface area contributed by atoms with E-state index < -0.39 is 0 Å². The number of hydrogen-bond acceptors (Lipinski definition) is 5. The van der Waals surface area contributed by atoms with Crippen molar-refractivity contribution in [2.45, 2.75) is 38.6 Å². The van der Waals surface area contributed by atoms with Crippen molar-refractivity contribution in [2.24, 2.45) is 5.73 Å². The van der Waals surface area contributed by atoms with Crippen molar-refractivity contribution in [3.8, 4) is 11.1 Å². The van der Waals surface area contributed by atoms with Gasteiger partial charge < -0.3 is 10.3 Å². The number of nitrogens with two attached hydrogens (primary N) is 1. The number of aromatic nitrogens is 4. The lowest BCUT2D eigenvalue weighted by molar-refractivity contribution is -0.111. The second-order valence-corrected chi connectivity index (χ2v) is 9.97. The molecule has 1 aliphatic rings. The van der Waals surface area contributed by atoms with Crippen LogP contribution < -0.4 is 5.73 Å². The molecule has 1 unspecified atom stereocenters. The Morgan fingerprint density at radius 2 is 1.68 bits per heavy atom. The summed E-state index contributed by atoms with van der Waals surface area (Å²) in [6, 6.07) is 22.2. The van der Waals surface area contributed by atoms with E-state index in [1.807, 2.05) is 61.1 Å². The molecule has 3 heterocycles. The number of rotatable bonds is 7. The number of benzene rings is 2. The summed E-state index contributed by atoms with van der Waals surface area (Å²) in [4.78, 5) is 26.6. The molecule has 0 aliphatic heterocycles. The zero-order valence-electron chi connectivity index (χ0n) is 21.5. The summed E-state index contributed by atoms with van der Waals surface area (Å²) in [6.45, 7) is 3.32. The molecule has 2 N–H and O–H groups in total. The highest BCUT2D eigenvalue weighted by Crippen LogP contribution is 2.40. The van der Waals surface area contributed by atoms with Crippen LogP contribution >= 0.6 is 0 Å². The van der Waals surface area contributed by atoms with Crippen LogP contribution in [0.5, 0.6) is 0 Å². The van der Waals surface area contributed by atoms with E-state index in [1.165, 1.54) is 0 Å². The molecule has 5 aromatic rings. The van der Waals surface area contributed by atoms with Gasteiger partial charge in [0.15, 0.2) is 5.78 Å². The fourth-order valence-electron chi connectivity index (χ4n) is 5.24. The van der Waals surface area contributed by atoms with E-state index in [0.717, 1.165) is 57.5 Å². The molecular formula is C32H29N5O. The topological polar surface area (TPSA) is 86.7 Å². The van der Waals surface area contributed by atoms with Crippen LogP contribution in [0.15, 0.2) is 97.2 Å². The van der Waals surface area contributed by atoms with Crippen LogP contribution in [0.4, 0.5) is 0 Å². The lowest BCUT2D eigenvalue weighted by Crippen LogP contribution is -2.13. The monoisotopic (exact) mass is 499 g/mol. The number of carbonyl (C=O) groups excluding carboxylic acids is 1. The highest BCUT2D eigenvalue weighted by molar-refractivity contribution is 6.21. The second-order valence-electron chi connectivity index (χ2n) is 9.97. The van der Waals surface area contributed by atoms with Gasteiger partial charge in [-0.3, -0.25) is 9.78 Å². The predicted octanol–water partition coefficient (Wildman–Crippen LogP) is 6.29. The Hall–Kier alpha value is -4.58. The summed E-state index contributed by atoms with van der Waals surface area (Å²) in [7, 11) is 0. The van der Waals surface area contributed by atoms with Gasteiger partial charge >= 0.3 is 0 Å². The molecule has 2 aromatic carbocycles. The summed E-state index contributed by atoms with van der Waals surface area (Å²) in [5.41, 5.74) is 13.0. The van der Waals surface area contributed by atoms with E-state index in [9.17, 15) is 4.79 Å². The van der Waals surface area contributed by atoms with Crippen LogP contribution in [0.1, 0.15) is 61.3 Å². The van der Waals surface area contributed by atoms with Crippen molar-refractivity contribution < 1.29 is 4.79 Å². The minimum absolute atomic E-state index is 0.0592. The molecule has 0 spiro atoms. The van der Waals surface area contributed by atoms with Crippen LogP contribution in [0.25, 0.3) is 27.6 Å². The lowest BCUT2D eigenvalue weighted by Gasteiger charge is -2.21. The third-order valence-corrected chi connectivity index (χ3v) is 7.16. The number of Topliss-reactive ketones (excluding diaryl/α,β-unsaturated/α-hetero) is 1. The molecule has 1 atom stereocenters. The van der Waals surface area contributed by atoms with Crippen molar-refractivity contribution in [3.63, 3.8) is 0 Å². The molecule has 188 valence electrons. The normalized spacial score (nSPS) is 14.8. The molecule has 1 fully saturated rings. The van der Waals surface area contributed by atoms with Gasteiger partial charge in [0.1, 0.15) is 11.9 Å². The maximum Gasteiger partial charge on any atom is 0.162 e. The predicted molar refractivity (Wildman–Crippen MR) is 150 cm³/mol. The van der Waals surface area contributed by atoms with Gasteiger partial charge in [-0.25, -0.2) is 9.97 Å². The quantitative estimate of drug-likeness (QED) is 0.266. The molecule has 1 aliphatic carbocycles. The third kappa shape index (κ3) is 4.39. The maximum atomic E-state index is 12.5. The Morgan fingerprint density at radius 3 is 2.32 bits per heavy atom. The Balaban J connectivity index is 1.61. The summed E-state index contributed by atoms with van der Waals surface area (Å²) >= 11 is 0. The van der Waals surface area contributed by atoms with Crippen molar-refractivity contribution in [1.82, 2.24) is 19.5 Å². The van der Waals surface area contributed by atoms with Gasteiger partial charge in [0, 0.05) is 58.5 Å². The molecule has 6 heteroatoms. The minimum Gasteiger partial charge on any atom is -0.402 e. The van der Waals surface area contributed by atoms with Gasteiger partial charge in [-0.05, 0) is 56.0 Å². The summed E-state index contributed by atoms with van der Waals surface area (Å²) in [5, 5.41) is 1.05. The number of nitrogens with zero attached hydrogens (tertiary/aromatic N) is 4. The first-order valence-electron chi connectivity index (χ1n) is 12.9. The molecule has 0 saturated heterocycles. The van der Waals surface area contributed by atoms with Crippen LogP contribution in [-0.2, 0) is 4.79 Å². The Morgan fingerprint density at radius 1 is 0.947 bits per heavy atom. The largest absolute Gasteiger partial charge is 0.402 e. The van der Waals surface area contributed by atoms with E-state index in [-0.39, 0.29) is 11.8 Å². The van der Waals surface area contributed by atoms with E-state index in [2.05, 4.69) is 45.0 Å². The fourth-order valence-corrected chi connectivity index (χ4v) is 5.24. The molecule has 3 aromatic heterocycles. The minimum atomic E-state index is -0.181. The number of pyridine rings is 1. The molecule has 0 bridgehead atoms. The van der Waals surface area contributed by atoms with Crippen molar-refractivity contribution in [2.75, 3.05) is 0 Å². The summed E-state index contributed by atoms with van der Waals surface area (Å²) < 4.78 is 2.24. The average molecular weight is 500 g/mol. The highest BCUT2D eigenvalue weighted by atomic mass is 16.1. The number of carbonyl (C=O) groups is 1. The molecular weight excluding hydrogens is 470 g/mol. The first-order valence-corrected chi connectivity index (χ1v) is 12.9. The number of allylic oxidation sites excluding steroid dienone is 2. The lowest BCUT2D eigenvalue weighted by atomic mass is 9.98. The second kappa shape index (κ2) is 9.71. The number of hydrogen-bond donors (Lipinski definition) is 1. The van der Waals surface area contributed by atoms with Crippen molar-refractivity contribution in [3.05, 3.63) is 120 Å². The third-order valence-electron chi connectivity index (χ3n) is 7.16.